The Kier molecular flexibility index (Phi) is 5.73. The number of carbonyl (C=O) groups excluding carboxylic acids is 3. The van der Waals surface area contributed by atoms with Crippen molar-refractivity contribution in [2.45, 2.75) is 13.3 Å². The second-order valence-electron chi connectivity index (χ2n) is 4.73. The van der Waals surface area contributed by atoms with Crippen molar-refractivity contribution in [3.05, 3.63) is 15.6 Å². The van der Waals surface area contributed by atoms with Crippen LogP contribution in [-0.2, 0) is 14.3 Å². The summed E-state index contributed by atoms with van der Waals surface area (Å²) in [7, 11) is 1.26. The second-order valence-corrected chi connectivity index (χ2v) is 7.04. The van der Waals surface area contributed by atoms with Crippen LogP contribution in [0.4, 0.5) is 5.82 Å². The predicted octanol–water partition coefficient (Wildman–Crippen LogP) is 1.50. The number of rotatable bonds is 4. The monoisotopic (exact) mass is 435 g/mol. The highest BCUT2D eigenvalue weighted by Gasteiger charge is 2.34. The molecule has 118 valence electrons. The molecule has 0 spiro atoms. The first-order valence-corrected chi connectivity index (χ1v) is 8.53. The minimum absolute atomic E-state index is 0.0233. The van der Waals surface area contributed by atoms with Crippen LogP contribution < -0.4 is 4.90 Å². The van der Waals surface area contributed by atoms with Crippen LogP contribution in [0.25, 0.3) is 0 Å². The Labute approximate surface area is 145 Å². The molecular weight excluding hydrogens is 421 g/mol. The van der Waals surface area contributed by atoms with Gasteiger partial charge in [-0.2, -0.15) is 0 Å². The van der Waals surface area contributed by atoms with E-state index < -0.39 is 5.97 Å². The Morgan fingerprint density at radius 3 is 2.91 bits per heavy atom. The van der Waals surface area contributed by atoms with E-state index in [0.29, 0.717) is 22.4 Å². The minimum atomic E-state index is -0.629. The number of thioether (sulfide) groups is 1. The van der Waals surface area contributed by atoms with Crippen molar-refractivity contribution < 1.29 is 19.1 Å². The van der Waals surface area contributed by atoms with E-state index in [0.717, 1.165) is 0 Å². The first-order valence-electron chi connectivity index (χ1n) is 6.47. The van der Waals surface area contributed by atoms with Gasteiger partial charge in [-0.25, -0.2) is 14.8 Å². The molecule has 1 aromatic rings. The summed E-state index contributed by atoms with van der Waals surface area (Å²) >= 11 is 3.14. The Balaban J connectivity index is 2.23. The maximum absolute atomic E-state index is 12.2. The van der Waals surface area contributed by atoms with Crippen LogP contribution in [0.3, 0.4) is 0 Å². The molecule has 2 heterocycles. The highest BCUT2D eigenvalue weighted by atomic mass is 127. The van der Waals surface area contributed by atoms with Gasteiger partial charge in [0.1, 0.15) is 3.70 Å². The summed E-state index contributed by atoms with van der Waals surface area (Å²) in [5, 5.41) is 0.0233. The van der Waals surface area contributed by atoms with Gasteiger partial charge in [-0.3, -0.25) is 14.5 Å². The summed E-state index contributed by atoms with van der Waals surface area (Å²) in [6, 6.07) is 0. The van der Waals surface area contributed by atoms with Gasteiger partial charge in [0.05, 0.1) is 13.3 Å². The Morgan fingerprint density at radius 1 is 1.55 bits per heavy atom. The number of carbonyl (C=O) groups is 3. The molecule has 1 fully saturated rings. The van der Waals surface area contributed by atoms with Gasteiger partial charge in [0.2, 0.25) is 5.91 Å². The van der Waals surface area contributed by atoms with E-state index in [2.05, 4.69) is 9.97 Å². The molecule has 7 nitrogen and oxygen atoms in total. The fourth-order valence-corrected chi connectivity index (χ4v) is 3.20. The number of hydrogen-bond donors (Lipinski definition) is 0. The largest absolute Gasteiger partial charge is 0.464 e. The average molecular weight is 435 g/mol. The molecule has 22 heavy (non-hydrogen) atoms. The van der Waals surface area contributed by atoms with Crippen molar-refractivity contribution in [3.8, 4) is 0 Å². The standard InChI is InChI=1S/C13H14IN3O4S/c1-7(18)22-6-8-3-10(19)17(5-8)12-11(13(20)21-2)16-9(14)4-15-12/h4,8H,3,5-6H2,1-2H3. The molecular formula is C13H14IN3O4S. The van der Waals surface area contributed by atoms with E-state index in [4.69, 9.17) is 4.74 Å². The van der Waals surface area contributed by atoms with Gasteiger partial charge in [-0.05, 0) is 28.5 Å². The number of aromatic nitrogens is 2. The average Bonchev–Trinajstić information content (AvgIpc) is 2.85. The Hall–Kier alpha value is -1.23. The Bertz CT molecular complexity index is 625. The van der Waals surface area contributed by atoms with Crippen molar-refractivity contribution in [2.75, 3.05) is 24.3 Å². The van der Waals surface area contributed by atoms with Gasteiger partial charge in [0, 0.05) is 25.6 Å². The van der Waals surface area contributed by atoms with Crippen LogP contribution in [0.5, 0.6) is 0 Å². The number of hydrogen-bond acceptors (Lipinski definition) is 7. The lowest BCUT2D eigenvalue weighted by Crippen LogP contribution is -2.29. The number of nitrogens with zero attached hydrogens (tertiary/aromatic N) is 3. The van der Waals surface area contributed by atoms with Crippen molar-refractivity contribution >= 4 is 57.2 Å². The lowest BCUT2D eigenvalue weighted by Gasteiger charge is -2.17. The summed E-state index contributed by atoms with van der Waals surface area (Å²) in [5.41, 5.74) is 0.0302. The van der Waals surface area contributed by atoms with Gasteiger partial charge >= 0.3 is 5.97 Å². The maximum Gasteiger partial charge on any atom is 0.360 e. The molecule has 0 aliphatic carbocycles. The molecule has 0 aromatic carbocycles. The third kappa shape index (κ3) is 3.94. The van der Waals surface area contributed by atoms with Gasteiger partial charge in [-0.1, -0.05) is 11.8 Å². The summed E-state index contributed by atoms with van der Waals surface area (Å²) in [4.78, 5) is 44.8. The van der Waals surface area contributed by atoms with Crippen LogP contribution in [0.2, 0.25) is 0 Å². The fraction of sp³-hybridized carbons (Fsp3) is 0.462. The molecule has 1 amide bonds. The van der Waals surface area contributed by atoms with Crippen molar-refractivity contribution in [2.24, 2.45) is 5.92 Å². The van der Waals surface area contributed by atoms with Crippen molar-refractivity contribution in [1.29, 1.82) is 0 Å². The molecule has 0 bridgehead atoms. The highest BCUT2D eigenvalue weighted by Crippen LogP contribution is 2.28. The first kappa shape index (κ1) is 17.1. The lowest BCUT2D eigenvalue weighted by atomic mass is 10.1. The molecule has 1 unspecified atom stereocenters. The summed E-state index contributed by atoms with van der Waals surface area (Å²) in [5.74, 6) is 0.0777. The number of amides is 1. The van der Waals surface area contributed by atoms with Gasteiger partial charge < -0.3 is 4.74 Å². The molecule has 1 aromatic heterocycles. The number of esters is 1. The number of anilines is 1. The summed E-state index contributed by atoms with van der Waals surface area (Å²) in [6.45, 7) is 1.91. The summed E-state index contributed by atoms with van der Waals surface area (Å²) in [6.07, 6.45) is 1.82. The maximum atomic E-state index is 12.2. The number of halogens is 1. The van der Waals surface area contributed by atoms with Crippen LogP contribution >= 0.6 is 34.4 Å². The minimum Gasteiger partial charge on any atom is -0.464 e. The first-order chi connectivity index (χ1) is 10.4. The zero-order valence-electron chi connectivity index (χ0n) is 12.0. The quantitative estimate of drug-likeness (QED) is 0.523. The van der Waals surface area contributed by atoms with Crippen LogP contribution in [0.1, 0.15) is 23.8 Å². The molecule has 9 heteroatoms. The lowest BCUT2D eigenvalue weighted by molar-refractivity contribution is -0.117. The molecule has 1 atom stereocenters. The van der Waals surface area contributed by atoms with Crippen LogP contribution in [-0.4, -0.2) is 46.4 Å². The fourth-order valence-electron chi connectivity index (χ4n) is 2.13. The molecule has 0 saturated carbocycles. The third-order valence-corrected chi connectivity index (χ3v) is 4.65. The van der Waals surface area contributed by atoms with Crippen LogP contribution in [0.15, 0.2) is 6.20 Å². The molecule has 1 aliphatic rings. The smallest absolute Gasteiger partial charge is 0.360 e. The van der Waals surface area contributed by atoms with E-state index in [1.54, 1.807) is 0 Å². The van der Waals surface area contributed by atoms with E-state index >= 15 is 0 Å². The topological polar surface area (TPSA) is 89.5 Å². The van der Waals surface area contributed by atoms with E-state index in [9.17, 15) is 14.4 Å². The van der Waals surface area contributed by atoms with Crippen molar-refractivity contribution in [3.63, 3.8) is 0 Å². The predicted molar refractivity (Wildman–Crippen MR) is 89.7 cm³/mol. The van der Waals surface area contributed by atoms with E-state index in [1.807, 2.05) is 22.6 Å². The third-order valence-electron chi connectivity index (χ3n) is 3.09. The number of ether oxygens (including phenoxy) is 1. The van der Waals surface area contributed by atoms with E-state index in [1.165, 1.54) is 36.9 Å². The Morgan fingerprint density at radius 2 is 2.27 bits per heavy atom. The highest BCUT2D eigenvalue weighted by molar-refractivity contribution is 14.1. The van der Waals surface area contributed by atoms with E-state index in [-0.39, 0.29) is 28.5 Å². The van der Waals surface area contributed by atoms with Gasteiger partial charge in [0.15, 0.2) is 16.6 Å². The molecule has 1 saturated heterocycles. The van der Waals surface area contributed by atoms with Crippen molar-refractivity contribution in [1.82, 2.24) is 9.97 Å². The van der Waals surface area contributed by atoms with Crippen LogP contribution in [0, 0.1) is 9.62 Å². The number of methoxy groups -OCH3 is 1. The molecule has 2 rings (SSSR count). The molecule has 0 radical (unpaired) electrons. The molecule has 1 aliphatic heterocycles. The zero-order valence-corrected chi connectivity index (χ0v) is 15.0. The summed E-state index contributed by atoms with van der Waals surface area (Å²) < 4.78 is 5.24. The SMILES string of the molecule is COC(=O)c1nc(I)cnc1N1CC(CSC(C)=O)CC1=O. The van der Waals surface area contributed by atoms with Gasteiger partial charge in [-0.15, -0.1) is 0 Å². The van der Waals surface area contributed by atoms with Gasteiger partial charge in [0.25, 0.3) is 0 Å². The normalized spacial score (nSPS) is 17.7. The zero-order chi connectivity index (χ0) is 16.3. The molecule has 0 N–H and O–H groups in total. The second kappa shape index (κ2) is 7.36.